The van der Waals surface area contributed by atoms with Gasteiger partial charge in [0.05, 0.1) is 30.4 Å². The van der Waals surface area contributed by atoms with Crippen molar-refractivity contribution in [2.24, 2.45) is 7.05 Å². The first-order chi connectivity index (χ1) is 14.4. The number of nitrogens with zero attached hydrogens (tertiary/aromatic N) is 1. The van der Waals surface area contributed by atoms with E-state index in [-0.39, 0.29) is 34.3 Å². The van der Waals surface area contributed by atoms with Gasteiger partial charge in [-0.3, -0.25) is 14.4 Å². The molecule has 4 aromatic rings. The number of hydrogen-bond acceptors (Lipinski definition) is 6. The molecule has 0 aliphatic carbocycles. The molecule has 2 aromatic heterocycles. The Morgan fingerprint density at radius 1 is 1.13 bits per heavy atom. The van der Waals surface area contributed by atoms with E-state index in [1.165, 1.54) is 17.7 Å². The molecule has 1 atom stereocenters. The minimum atomic E-state index is -1.00. The monoisotopic (exact) mass is 405 g/mol. The van der Waals surface area contributed by atoms with E-state index in [9.17, 15) is 19.5 Å². The van der Waals surface area contributed by atoms with Crippen LogP contribution in [0.2, 0.25) is 0 Å². The molecule has 0 amide bonds. The summed E-state index contributed by atoms with van der Waals surface area (Å²) in [6.07, 6.45) is -0.279. The molecule has 30 heavy (non-hydrogen) atoms. The van der Waals surface area contributed by atoms with Gasteiger partial charge in [0, 0.05) is 12.6 Å². The lowest BCUT2D eigenvalue weighted by Crippen LogP contribution is -2.26. The van der Waals surface area contributed by atoms with Crippen LogP contribution in [0.15, 0.2) is 68.6 Å². The molecule has 0 saturated carbocycles. The third kappa shape index (κ3) is 3.14. The van der Waals surface area contributed by atoms with Gasteiger partial charge in [0.1, 0.15) is 5.58 Å². The van der Waals surface area contributed by atoms with Crippen LogP contribution in [-0.2, 0) is 16.6 Å². The lowest BCUT2D eigenvalue weighted by atomic mass is 9.91. The summed E-state index contributed by atoms with van der Waals surface area (Å²) in [6, 6.07) is 15.4. The van der Waals surface area contributed by atoms with E-state index in [0.717, 1.165) is 5.39 Å². The molecule has 0 aliphatic rings. The summed E-state index contributed by atoms with van der Waals surface area (Å²) in [4.78, 5) is 38.0. The van der Waals surface area contributed by atoms with Crippen molar-refractivity contribution >= 4 is 27.8 Å². The van der Waals surface area contributed by atoms with Crippen LogP contribution in [0.4, 0.5) is 0 Å². The van der Waals surface area contributed by atoms with Crippen molar-refractivity contribution in [2.75, 3.05) is 7.11 Å². The molecule has 2 heterocycles. The summed E-state index contributed by atoms with van der Waals surface area (Å²) < 4.78 is 12.1. The zero-order valence-corrected chi connectivity index (χ0v) is 16.4. The molecule has 0 spiro atoms. The molecule has 0 fully saturated rings. The van der Waals surface area contributed by atoms with Gasteiger partial charge in [-0.25, -0.2) is 0 Å². The molecular weight excluding hydrogens is 386 g/mol. The number of pyridine rings is 1. The second kappa shape index (κ2) is 7.51. The van der Waals surface area contributed by atoms with Crippen LogP contribution in [0.25, 0.3) is 21.9 Å². The minimum absolute atomic E-state index is 0.142. The van der Waals surface area contributed by atoms with Crippen LogP contribution >= 0.6 is 0 Å². The van der Waals surface area contributed by atoms with Crippen LogP contribution in [0.3, 0.4) is 0 Å². The lowest BCUT2D eigenvalue weighted by molar-refractivity contribution is -0.140. The Morgan fingerprint density at radius 3 is 2.60 bits per heavy atom. The van der Waals surface area contributed by atoms with Crippen LogP contribution in [0.5, 0.6) is 5.75 Å². The van der Waals surface area contributed by atoms with Gasteiger partial charge in [-0.2, -0.15) is 0 Å². The number of carbonyl (C=O) groups is 1. The van der Waals surface area contributed by atoms with Gasteiger partial charge in [0.25, 0.3) is 5.56 Å². The first-order valence-electron chi connectivity index (χ1n) is 9.32. The number of carbonyl (C=O) groups excluding carboxylic acids is 1. The fourth-order valence-corrected chi connectivity index (χ4v) is 3.68. The number of aromatic nitrogens is 1. The quantitative estimate of drug-likeness (QED) is 0.524. The summed E-state index contributed by atoms with van der Waals surface area (Å²) in [5, 5.41) is 11.6. The van der Waals surface area contributed by atoms with Crippen LogP contribution in [-0.4, -0.2) is 22.8 Å². The first-order valence-corrected chi connectivity index (χ1v) is 9.32. The van der Waals surface area contributed by atoms with E-state index >= 15 is 0 Å². The number of esters is 1. The summed E-state index contributed by atoms with van der Waals surface area (Å²) >= 11 is 0. The van der Waals surface area contributed by atoms with Crippen LogP contribution in [0, 0.1) is 0 Å². The predicted octanol–water partition coefficient (Wildman–Crippen LogP) is 3.05. The second-order valence-corrected chi connectivity index (χ2v) is 7.00. The summed E-state index contributed by atoms with van der Waals surface area (Å²) in [6.45, 7) is 0. The molecule has 0 radical (unpaired) electrons. The highest BCUT2D eigenvalue weighted by Gasteiger charge is 2.29. The number of benzene rings is 2. The number of para-hydroxylation sites is 2. The third-order valence-electron chi connectivity index (χ3n) is 5.25. The predicted molar refractivity (Wildman–Crippen MR) is 112 cm³/mol. The molecular formula is C23H19NO6. The number of hydrogen-bond donors (Lipinski definition) is 1. The standard InChI is InChI=1S/C23H19NO6/c1-24-17-9-5-3-7-13(17)11-16(23(24)28)15(12-19(25)29-2)22-21(27)20(26)14-8-4-6-10-18(14)30-22/h3-11,15,27H,12H2,1-2H3/t15-/m1/s1. The van der Waals surface area contributed by atoms with Crippen molar-refractivity contribution in [1.82, 2.24) is 4.57 Å². The normalized spacial score (nSPS) is 12.2. The fraction of sp³-hybridized carbons (Fsp3) is 0.174. The highest BCUT2D eigenvalue weighted by Crippen LogP contribution is 2.34. The fourth-order valence-electron chi connectivity index (χ4n) is 3.68. The Morgan fingerprint density at radius 2 is 1.83 bits per heavy atom. The number of ether oxygens (including phenoxy) is 1. The molecule has 152 valence electrons. The van der Waals surface area contributed by atoms with E-state index in [0.29, 0.717) is 5.52 Å². The zero-order valence-electron chi connectivity index (χ0n) is 16.4. The Bertz CT molecular complexity index is 1400. The zero-order chi connectivity index (χ0) is 21.4. The number of rotatable bonds is 4. The van der Waals surface area contributed by atoms with Gasteiger partial charge in [-0.05, 0) is 29.7 Å². The van der Waals surface area contributed by atoms with Crippen molar-refractivity contribution in [3.63, 3.8) is 0 Å². The number of methoxy groups -OCH3 is 1. The Balaban J connectivity index is 2.03. The van der Waals surface area contributed by atoms with Crippen molar-refractivity contribution in [2.45, 2.75) is 12.3 Å². The summed E-state index contributed by atoms with van der Waals surface area (Å²) in [5.74, 6) is -2.38. The molecule has 0 bridgehead atoms. The molecule has 2 aromatic carbocycles. The Kier molecular flexibility index (Phi) is 4.87. The number of fused-ring (bicyclic) bond motifs is 2. The lowest BCUT2D eigenvalue weighted by Gasteiger charge is -2.18. The third-order valence-corrected chi connectivity index (χ3v) is 5.25. The Hall–Kier alpha value is -3.87. The maximum absolute atomic E-state index is 13.1. The first kappa shape index (κ1) is 19.4. The largest absolute Gasteiger partial charge is 0.502 e. The molecule has 0 unspecified atom stereocenters. The molecule has 0 saturated heterocycles. The van der Waals surface area contributed by atoms with E-state index in [1.54, 1.807) is 31.3 Å². The maximum atomic E-state index is 13.1. The summed E-state index contributed by atoms with van der Waals surface area (Å²) in [5.41, 5.74) is 0.197. The van der Waals surface area contributed by atoms with Gasteiger partial charge in [-0.1, -0.05) is 30.3 Å². The summed E-state index contributed by atoms with van der Waals surface area (Å²) in [7, 11) is 2.86. The molecule has 1 N–H and O–H groups in total. The molecule has 7 heteroatoms. The van der Waals surface area contributed by atoms with Crippen LogP contribution in [0.1, 0.15) is 23.7 Å². The van der Waals surface area contributed by atoms with Gasteiger partial charge in [-0.15, -0.1) is 0 Å². The highest BCUT2D eigenvalue weighted by atomic mass is 16.5. The maximum Gasteiger partial charge on any atom is 0.306 e. The molecule has 4 rings (SSSR count). The van der Waals surface area contributed by atoms with E-state index in [4.69, 9.17) is 9.15 Å². The van der Waals surface area contributed by atoms with Gasteiger partial charge >= 0.3 is 5.97 Å². The second-order valence-electron chi connectivity index (χ2n) is 7.00. The van der Waals surface area contributed by atoms with Gasteiger partial charge < -0.3 is 18.8 Å². The molecule has 7 nitrogen and oxygen atoms in total. The average molecular weight is 405 g/mol. The molecule has 0 aliphatic heterocycles. The van der Waals surface area contributed by atoms with Gasteiger partial charge in [0.15, 0.2) is 5.76 Å². The van der Waals surface area contributed by atoms with Crippen molar-refractivity contribution in [3.8, 4) is 5.75 Å². The number of aryl methyl sites for hydroxylation is 1. The minimum Gasteiger partial charge on any atom is -0.502 e. The Labute approximate surface area is 170 Å². The van der Waals surface area contributed by atoms with Gasteiger partial charge in [0.2, 0.25) is 11.2 Å². The van der Waals surface area contributed by atoms with E-state index < -0.39 is 23.1 Å². The SMILES string of the molecule is COC(=O)C[C@@H](c1oc2ccccc2c(=O)c1O)c1cc2ccccc2n(C)c1=O. The van der Waals surface area contributed by atoms with Crippen molar-refractivity contribution < 1.29 is 19.1 Å². The van der Waals surface area contributed by atoms with E-state index in [2.05, 4.69) is 0 Å². The highest BCUT2D eigenvalue weighted by molar-refractivity contribution is 5.81. The van der Waals surface area contributed by atoms with Crippen molar-refractivity contribution in [1.29, 1.82) is 0 Å². The van der Waals surface area contributed by atoms with Crippen LogP contribution < -0.4 is 11.0 Å². The average Bonchev–Trinajstić information content (AvgIpc) is 2.77. The number of aromatic hydroxyl groups is 1. The van der Waals surface area contributed by atoms with Crippen molar-refractivity contribution in [3.05, 3.63) is 86.5 Å². The van der Waals surface area contributed by atoms with E-state index in [1.807, 2.05) is 24.3 Å². The smallest absolute Gasteiger partial charge is 0.306 e. The topological polar surface area (TPSA) is 98.7 Å².